The van der Waals surface area contributed by atoms with Crippen LogP contribution in [0.5, 0.6) is 0 Å². The highest BCUT2D eigenvalue weighted by atomic mass is 15.1. The molecule has 0 aliphatic rings. The first kappa shape index (κ1) is 8.02. The fourth-order valence-electron chi connectivity index (χ4n) is 0.740. The highest BCUT2D eigenvalue weighted by molar-refractivity contribution is 6.33. The van der Waals surface area contributed by atoms with Gasteiger partial charge >= 0.3 is 0 Å². The highest BCUT2D eigenvalue weighted by Gasteiger charge is 1.93. The van der Waals surface area contributed by atoms with E-state index in [1.54, 1.807) is 0 Å². The van der Waals surface area contributed by atoms with Gasteiger partial charge in [0, 0.05) is 0 Å². The fraction of sp³-hybridized carbons (Fsp3) is 1.00. The van der Waals surface area contributed by atoms with E-state index < -0.39 is 0 Å². The van der Waals surface area contributed by atoms with E-state index >= 15 is 0 Å². The maximum absolute atomic E-state index is 2.38. The molecule has 0 aliphatic carbocycles. The summed E-state index contributed by atoms with van der Waals surface area (Å²) in [5.41, 5.74) is 0. The first-order valence-electron chi connectivity index (χ1n) is 3.35. The van der Waals surface area contributed by atoms with Crippen molar-refractivity contribution in [1.82, 2.24) is 4.90 Å². The Morgan fingerprint density at radius 2 is 1.75 bits per heavy atom. The molecule has 0 amide bonds. The van der Waals surface area contributed by atoms with Crippen molar-refractivity contribution in [2.75, 3.05) is 19.5 Å². The molecule has 0 aromatic carbocycles. The number of hydrogen-bond donors (Lipinski definition) is 0. The van der Waals surface area contributed by atoms with Crippen LogP contribution in [-0.2, 0) is 0 Å². The molecule has 0 N–H and O–H groups in total. The standard InChI is InChI=1S/C6H15BN/c1-4-8(5-2)6-7-3/h4-6H2,1-3H3. The largest absolute Gasteiger partial charge is 0.312 e. The van der Waals surface area contributed by atoms with E-state index in [0.717, 1.165) is 6.44 Å². The minimum absolute atomic E-state index is 1.13. The quantitative estimate of drug-likeness (QED) is 0.491. The Bertz CT molecular complexity index is 43.8. The maximum atomic E-state index is 2.38. The molecule has 0 fully saturated rings. The van der Waals surface area contributed by atoms with E-state index in [1.807, 2.05) is 0 Å². The number of hydrogen-bond acceptors (Lipinski definition) is 1. The van der Waals surface area contributed by atoms with Gasteiger partial charge in [0.25, 0.3) is 0 Å². The summed E-state index contributed by atoms with van der Waals surface area (Å²) in [6.45, 7) is 8.81. The van der Waals surface area contributed by atoms with Crippen molar-refractivity contribution >= 4 is 7.28 Å². The summed E-state index contributed by atoms with van der Waals surface area (Å²) in [5.74, 6) is 0. The monoisotopic (exact) mass is 112 g/mol. The second-order valence-electron chi connectivity index (χ2n) is 1.89. The molecule has 0 spiro atoms. The van der Waals surface area contributed by atoms with E-state index in [1.165, 1.54) is 13.1 Å². The molecular formula is C6H15BN. The lowest BCUT2D eigenvalue weighted by Gasteiger charge is -2.15. The van der Waals surface area contributed by atoms with Crippen molar-refractivity contribution in [3.05, 3.63) is 0 Å². The van der Waals surface area contributed by atoms with E-state index in [4.69, 9.17) is 0 Å². The van der Waals surface area contributed by atoms with Gasteiger partial charge in [-0.15, -0.1) is 0 Å². The zero-order valence-corrected chi connectivity index (χ0v) is 6.15. The summed E-state index contributed by atoms with van der Waals surface area (Å²) >= 11 is 0. The molecule has 1 radical (unpaired) electrons. The van der Waals surface area contributed by atoms with Crippen molar-refractivity contribution in [3.8, 4) is 0 Å². The first-order valence-corrected chi connectivity index (χ1v) is 3.35. The van der Waals surface area contributed by atoms with Crippen LogP contribution in [0, 0.1) is 0 Å². The van der Waals surface area contributed by atoms with Crippen LogP contribution in [0.4, 0.5) is 0 Å². The molecule has 2 heteroatoms. The average Bonchev–Trinajstić information content (AvgIpc) is 1.83. The molecule has 0 aliphatic heterocycles. The summed E-state index contributed by atoms with van der Waals surface area (Å²) in [4.78, 5) is 2.38. The minimum atomic E-state index is 1.13. The normalized spacial score (nSPS) is 10.0. The average molecular weight is 112 g/mol. The second-order valence-corrected chi connectivity index (χ2v) is 1.89. The molecule has 0 saturated carbocycles. The summed E-state index contributed by atoms with van der Waals surface area (Å²) in [6, 6.07) is 0. The van der Waals surface area contributed by atoms with Crippen LogP contribution in [0.3, 0.4) is 0 Å². The Morgan fingerprint density at radius 3 is 1.88 bits per heavy atom. The predicted molar refractivity (Wildman–Crippen MR) is 39.4 cm³/mol. The lowest BCUT2D eigenvalue weighted by molar-refractivity contribution is 0.353. The molecule has 8 heavy (non-hydrogen) atoms. The molecule has 0 rings (SSSR count). The zero-order chi connectivity index (χ0) is 6.41. The van der Waals surface area contributed by atoms with Gasteiger partial charge < -0.3 is 4.90 Å². The zero-order valence-electron chi connectivity index (χ0n) is 6.15. The molecule has 0 unspecified atom stereocenters. The van der Waals surface area contributed by atoms with Crippen LogP contribution >= 0.6 is 0 Å². The predicted octanol–water partition coefficient (Wildman–Crippen LogP) is 1.04. The van der Waals surface area contributed by atoms with Crippen molar-refractivity contribution in [3.63, 3.8) is 0 Å². The fourth-order valence-corrected chi connectivity index (χ4v) is 0.740. The van der Waals surface area contributed by atoms with E-state index in [2.05, 4.69) is 32.8 Å². The third-order valence-electron chi connectivity index (χ3n) is 1.34. The molecule has 0 aromatic heterocycles. The number of nitrogens with zero attached hydrogens (tertiary/aromatic N) is 1. The Hall–Kier alpha value is 0.0249. The molecular weight excluding hydrogens is 96.9 g/mol. The molecule has 47 valence electrons. The number of rotatable bonds is 4. The second kappa shape index (κ2) is 5.17. The van der Waals surface area contributed by atoms with E-state index in [9.17, 15) is 0 Å². The molecule has 0 atom stereocenters. The van der Waals surface area contributed by atoms with Crippen molar-refractivity contribution in [2.24, 2.45) is 0 Å². The van der Waals surface area contributed by atoms with Gasteiger partial charge in [-0.2, -0.15) is 0 Å². The third kappa shape index (κ3) is 3.08. The van der Waals surface area contributed by atoms with Crippen LogP contribution in [0.15, 0.2) is 0 Å². The molecule has 0 bridgehead atoms. The maximum Gasteiger partial charge on any atom is 0.125 e. The minimum Gasteiger partial charge on any atom is -0.312 e. The van der Waals surface area contributed by atoms with Crippen LogP contribution < -0.4 is 0 Å². The Balaban J connectivity index is 3.07. The molecule has 1 nitrogen and oxygen atoms in total. The lowest BCUT2D eigenvalue weighted by Crippen LogP contribution is -2.26. The van der Waals surface area contributed by atoms with Gasteiger partial charge in [0.2, 0.25) is 0 Å². The first-order chi connectivity index (χ1) is 3.85. The molecule has 0 aromatic rings. The Labute approximate surface area is 53.3 Å². The van der Waals surface area contributed by atoms with E-state index in [-0.39, 0.29) is 0 Å². The third-order valence-corrected chi connectivity index (χ3v) is 1.34. The van der Waals surface area contributed by atoms with Gasteiger partial charge in [0.1, 0.15) is 7.28 Å². The van der Waals surface area contributed by atoms with Crippen LogP contribution in [0.2, 0.25) is 6.82 Å². The Kier molecular flexibility index (Phi) is 5.18. The van der Waals surface area contributed by atoms with Crippen LogP contribution in [0.25, 0.3) is 0 Å². The van der Waals surface area contributed by atoms with Crippen molar-refractivity contribution in [2.45, 2.75) is 20.7 Å². The Morgan fingerprint density at radius 1 is 1.25 bits per heavy atom. The van der Waals surface area contributed by atoms with Gasteiger partial charge in [-0.25, -0.2) is 0 Å². The lowest BCUT2D eigenvalue weighted by atomic mass is 9.82. The van der Waals surface area contributed by atoms with Crippen molar-refractivity contribution < 1.29 is 0 Å². The van der Waals surface area contributed by atoms with Gasteiger partial charge in [0.15, 0.2) is 0 Å². The van der Waals surface area contributed by atoms with Gasteiger partial charge in [-0.3, -0.25) is 0 Å². The van der Waals surface area contributed by atoms with Gasteiger partial charge in [-0.1, -0.05) is 20.7 Å². The summed E-state index contributed by atoms with van der Waals surface area (Å²) in [6.07, 6.45) is 1.13. The SMILES string of the molecule is C[B]CN(CC)CC. The smallest absolute Gasteiger partial charge is 0.125 e. The van der Waals surface area contributed by atoms with Crippen LogP contribution in [-0.4, -0.2) is 31.7 Å². The van der Waals surface area contributed by atoms with Gasteiger partial charge in [-0.05, 0) is 19.5 Å². The molecule has 0 saturated heterocycles. The van der Waals surface area contributed by atoms with Crippen LogP contribution in [0.1, 0.15) is 13.8 Å². The summed E-state index contributed by atoms with van der Waals surface area (Å²) < 4.78 is 0. The van der Waals surface area contributed by atoms with Crippen molar-refractivity contribution in [1.29, 1.82) is 0 Å². The summed E-state index contributed by atoms with van der Waals surface area (Å²) in [5, 5.41) is 0. The summed E-state index contributed by atoms with van der Waals surface area (Å²) in [7, 11) is 2.19. The molecule has 0 heterocycles. The highest BCUT2D eigenvalue weighted by Crippen LogP contribution is 1.82. The van der Waals surface area contributed by atoms with Gasteiger partial charge in [0.05, 0.1) is 0 Å². The van der Waals surface area contributed by atoms with E-state index in [0.29, 0.717) is 0 Å². The topological polar surface area (TPSA) is 3.24 Å².